The summed E-state index contributed by atoms with van der Waals surface area (Å²) in [6.07, 6.45) is 2.21. The van der Waals surface area contributed by atoms with E-state index in [4.69, 9.17) is 0 Å². The van der Waals surface area contributed by atoms with E-state index in [-0.39, 0.29) is 0 Å². The molecular formula is C26H23N. The maximum absolute atomic E-state index is 2.42. The molecule has 0 unspecified atom stereocenters. The Morgan fingerprint density at radius 2 is 1.33 bits per heavy atom. The largest absolute Gasteiger partial charge is 0.336 e. The van der Waals surface area contributed by atoms with Crippen LogP contribution in [0.5, 0.6) is 0 Å². The molecule has 0 heterocycles. The Balaban J connectivity index is 1.88. The molecule has 27 heavy (non-hydrogen) atoms. The summed E-state index contributed by atoms with van der Waals surface area (Å²) in [6.45, 7) is 2.94. The Hall–Kier alpha value is -3.32. The quantitative estimate of drug-likeness (QED) is 0.378. The summed E-state index contributed by atoms with van der Waals surface area (Å²) in [5, 5.41) is 2.53. The van der Waals surface area contributed by atoms with Gasteiger partial charge in [0.2, 0.25) is 0 Å². The van der Waals surface area contributed by atoms with Gasteiger partial charge in [0.05, 0.1) is 0 Å². The molecule has 0 saturated heterocycles. The van der Waals surface area contributed by atoms with Crippen LogP contribution in [0.1, 0.15) is 18.1 Å². The minimum atomic E-state index is 0.823. The van der Waals surface area contributed by atoms with E-state index in [0.29, 0.717) is 0 Å². The lowest BCUT2D eigenvalue weighted by Gasteiger charge is -2.29. The number of anilines is 1. The van der Waals surface area contributed by atoms with Gasteiger partial charge in [-0.25, -0.2) is 0 Å². The number of allylic oxidation sites excluding steroid dienone is 1. The average Bonchev–Trinajstić information content (AvgIpc) is 2.75. The van der Waals surface area contributed by atoms with E-state index in [1.54, 1.807) is 0 Å². The third-order valence-corrected chi connectivity index (χ3v) is 4.87. The van der Waals surface area contributed by atoms with Gasteiger partial charge in [0.1, 0.15) is 0 Å². The van der Waals surface area contributed by atoms with Gasteiger partial charge in [-0.15, -0.1) is 0 Å². The van der Waals surface area contributed by atoms with E-state index in [0.717, 1.165) is 6.54 Å². The Labute approximate surface area is 161 Å². The molecule has 0 aromatic heterocycles. The summed E-state index contributed by atoms with van der Waals surface area (Å²) >= 11 is 0. The number of nitrogens with zero attached hydrogens (tertiary/aromatic N) is 1. The van der Waals surface area contributed by atoms with Gasteiger partial charge in [0.15, 0.2) is 0 Å². The minimum Gasteiger partial charge on any atom is -0.336 e. The smallest absolute Gasteiger partial charge is 0.0493 e. The summed E-state index contributed by atoms with van der Waals surface area (Å²) in [6, 6.07) is 36.4. The lowest BCUT2D eigenvalue weighted by atomic mass is 10.0. The molecule has 0 amide bonds. The van der Waals surface area contributed by atoms with Gasteiger partial charge in [-0.05, 0) is 29.5 Å². The molecule has 4 aromatic rings. The van der Waals surface area contributed by atoms with E-state index in [2.05, 4.69) is 121 Å². The molecule has 4 rings (SSSR count). The average molecular weight is 349 g/mol. The fourth-order valence-corrected chi connectivity index (χ4v) is 3.60. The molecule has 0 aliphatic rings. The first-order valence-electron chi connectivity index (χ1n) is 9.38. The van der Waals surface area contributed by atoms with E-state index in [1.807, 2.05) is 0 Å². The highest BCUT2D eigenvalue weighted by atomic mass is 15.1. The van der Waals surface area contributed by atoms with Gasteiger partial charge in [0.25, 0.3) is 0 Å². The van der Waals surface area contributed by atoms with Crippen molar-refractivity contribution in [3.63, 3.8) is 0 Å². The number of hydrogen-bond donors (Lipinski definition) is 0. The molecule has 0 spiro atoms. The second-order valence-corrected chi connectivity index (χ2v) is 6.61. The molecule has 0 N–H and O–H groups in total. The first kappa shape index (κ1) is 17.1. The number of hydrogen-bond acceptors (Lipinski definition) is 1. The lowest BCUT2D eigenvalue weighted by Crippen LogP contribution is -2.21. The predicted octanol–water partition coefficient (Wildman–Crippen LogP) is 6.91. The standard InChI is InChI=1S/C26H23N/c1-2-25(23-15-7-4-8-16-23)27(20-21-12-5-3-6-13-21)26-19-11-17-22-14-9-10-18-24(22)26/h2-19H,20H2,1H3/b25-2+. The van der Waals surface area contributed by atoms with Crippen molar-refractivity contribution in [3.05, 3.63) is 120 Å². The highest BCUT2D eigenvalue weighted by Gasteiger charge is 2.16. The van der Waals surface area contributed by atoms with E-state index in [1.165, 1.54) is 33.3 Å². The zero-order valence-electron chi connectivity index (χ0n) is 15.5. The zero-order valence-corrected chi connectivity index (χ0v) is 15.5. The van der Waals surface area contributed by atoms with Gasteiger partial charge in [-0.2, -0.15) is 0 Å². The summed E-state index contributed by atoms with van der Waals surface area (Å²) in [4.78, 5) is 2.42. The van der Waals surface area contributed by atoms with E-state index < -0.39 is 0 Å². The van der Waals surface area contributed by atoms with Crippen LogP contribution >= 0.6 is 0 Å². The van der Waals surface area contributed by atoms with Crippen molar-refractivity contribution in [1.82, 2.24) is 0 Å². The fraction of sp³-hybridized carbons (Fsp3) is 0.0769. The predicted molar refractivity (Wildman–Crippen MR) is 117 cm³/mol. The van der Waals surface area contributed by atoms with Crippen LogP contribution in [0.3, 0.4) is 0 Å². The third-order valence-electron chi connectivity index (χ3n) is 4.87. The molecule has 0 aliphatic carbocycles. The monoisotopic (exact) mass is 349 g/mol. The van der Waals surface area contributed by atoms with E-state index >= 15 is 0 Å². The summed E-state index contributed by atoms with van der Waals surface area (Å²) in [5.41, 5.74) is 4.97. The lowest BCUT2D eigenvalue weighted by molar-refractivity contribution is 0.986. The van der Waals surface area contributed by atoms with Gasteiger partial charge >= 0.3 is 0 Å². The SMILES string of the molecule is C/C=C(\c1ccccc1)N(Cc1ccccc1)c1cccc2ccccc12. The first-order chi connectivity index (χ1) is 13.4. The minimum absolute atomic E-state index is 0.823. The number of fused-ring (bicyclic) bond motifs is 1. The van der Waals surface area contributed by atoms with Crippen molar-refractivity contribution in [2.45, 2.75) is 13.5 Å². The summed E-state index contributed by atoms with van der Waals surface area (Å²) in [7, 11) is 0. The summed E-state index contributed by atoms with van der Waals surface area (Å²) < 4.78 is 0. The topological polar surface area (TPSA) is 3.24 Å². The molecule has 1 nitrogen and oxygen atoms in total. The Kier molecular flexibility index (Phi) is 5.02. The molecule has 0 bridgehead atoms. The molecule has 4 aromatic carbocycles. The van der Waals surface area contributed by atoms with Gasteiger partial charge in [-0.3, -0.25) is 0 Å². The van der Waals surface area contributed by atoms with Crippen molar-refractivity contribution in [2.75, 3.05) is 4.90 Å². The maximum atomic E-state index is 2.42. The van der Waals surface area contributed by atoms with Crippen molar-refractivity contribution in [2.24, 2.45) is 0 Å². The highest BCUT2D eigenvalue weighted by Crippen LogP contribution is 2.34. The summed E-state index contributed by atoms with van der Waals surface area (Å²) in [5.74, 6) is 0. The Morgan fingerprint density at radius 3 is 2.07 bits per heavy atom. The highest BCUT2D eigenvalue weighted by molar-refractivity contribution is 5.98. The molecule has 0 fully saturated rings. The van der Waals surface area contributed by atoms with Crippen LogP contribution in [0.15, 0.2) is 109 Å². The Bertz CT molecular complexity index is 1040. The zero-order chi connectivity index (χ0) is 18.5. The molecule has 0 radical (unpaired) electrons. The molecule has 0 saturated carbocycles. The maximum Gasteiger partial charge on any atom is 0.0493 e. The third kappa shape index (κ3) is 3.63. The van der Waals surface area contributed by atoms with Gasteiger partial charge < -0.3 is 4.90 Å². The van der Waals surface area contributed by atoms with E-state index in [9.17, 15) is 0 Å². The van der Waals surface area contributed by atoms with Crippen LogP contribution in [0, 0.1) is 0 Å². The molecule has 0 aliphatic heterocycles. The fourth-order valence-electron chi connectivity index (χ4n) is 3.60. The van der Waals surface area contributed by atoms with Gasteiger partial charge in [-0.1, -0.05) is 103 Å². The molecule has 132 valence electrons. The number of benzene rings is 4. The van der Waals surface area contributed by atoms with Crippen molar-refractivity contribution < 1.29 is 0 Å². The van der Waals surface area contributed by atoms with Crippen LogP contribution < -0.4 is 4.90 Å². The second-order valence-electron chi connectivity index (χ2n) is 6.61. The van der Waals surface area contributed by atoms with Gasteiger partial charge in [0, 0.05) is 23.3 Å². The molecule has 1 heteroatoms. The van der Waals surface area contributed by atoms with Crippen molar-refractivity contribution in [3.8, 4) is 0 Å². The molecular weight excluding hydrogens is 326 g/mol. The Morgan fingerprint density at radius 1 is 0.704 bits per heavy atom. The van der Waals surface area contributed by atoms with Crippen molar-refractivity contribution in [1.29, 1.82) is 0 Å². The van der Waals surface area contributed by atoms with Crippen LogP contribution in [-0.2, 0) is 6.54 Å². The first-order valence-corrected chi connectivity index (χ1v) is 9.38. The normalized spacial score (nSPS) is 11.5. The van der Waals surface area contributed by atoms with Crippen LogP contribution in [0.2, 0.25) is 0 Å². The number of rotatable bonds is 5. The molecule has 0 atom stereocenters. The second kappa shape index (κ2) is 7.92. The van der Waals surface area contributed by atoms with Crippen LogP contribution in [0.25, 0.3) is 16.5 Å². The van der Waals surface area contributed by atoms with Crippen molar-refractivity contribution >= 4 is 22.2 Å². The van der Waals surface area contributed by atoms with Crippen LogP contribution in [0.4, 0.5) is 5.69 Å². The van der Waals surface area contributed by atoms with Crippen LogP contribution in [-0.4, -0.2) is 0 Å².